The number of phenols is 1. The SMILES string of the molecule is COc1cc(O)c(C(=O)Nc2nc(C(=O)NCCN(C(C)C)C(C)C)cs2)cc1OC.Cl.O. The number of nitrogens with zero attached hydrogens (tertiary/aromatic N) is 2. The van der Waals surface area contributed by atoms with E-state index in [1.165, 1.54) is 26.4 Å². The van der Waals surface area contributed by atoms with Crippen molar-refractivity contribution in [2.45, 2.75) is 39.8 Å². The Bertz CT molecular complexity index is 914. The fourth-order valence-corrected chi connectivity index (χ4v) is 3.84. The van der Waals surface area contributed by atoms with E-state index in [0.717, 1.165) is 17.9 Å². The van der Waals surface area contributed by atoms with Gasteiger partial charge >= 0.3 is 0 Å². The van der Waals surface area contributed by atoms with Crippen molar-refractivity contribution in [2.75, 3.05) is 32.6 Å². The lowest BCUT2D eigenvalue weighted by atomic mass is 10.1. The number of nitrogens with one attached hydrogen (secondary N) is 2. The number of methoxy groups -OCH3 is 2. The van der Waals surface area contributed by atoms with Gasteiger partial charge in [-0.25, -0.2) is 4.98 Å². The van der Waals surface area contributed by atoms with Crippen LogP contribution in [0, 0.1) is 0 Å². The molecule has 0 aliphatic heterocycles. The number of aromatic nitrogens is 1. The van der Waals surface area contributed by atoms with Gasteiger partial charge in [0, 0.05) is 42.7 Å². The van der Waals surface area contributed by atoms with E-state index in [4.69, 9.17) is 9.47 Å². The molecule has 1 aromatic heterocycles. The van der Waals surface area contributed by atoms with Crippen molar-refractivity contribution >= 4 is 40.7 Å². The zero-order chi connectivity index (χ0) is 23.1. The molecule has 1 aromatic carbocycles. The molecule has 0 bridgehead atoms. The van der Waals surface area contributed by atoms with Crippen LogP contribution in [0.3, 0.4) is 0 Å². The lowest BCUT2D eigenvalue weighted by Crippen LogP contribution is -2.42. The molecule has 1 heterocycles. The van der Waals surface area contributed by atoms with Gasteiger partial charge in [0.15, 0.2) is 16.6 Å². The second-order valence-corrected chi connectivity index (χ2v) is 8.26. The zero-order valence-corrected chi connectivity index (χ0v) is 21.2. The van der Waals surface area contributed by atoms with Gasteiger partial charge < -0.3 is 25.4 Å². The van der Waals surface area contributed by atoms with Crippen molar-refractivity contribution < 1.29 is 29.6 Å². The molecule has 186 valence electrons. The Balaban J connectivity index is 0.00000512. The smallest absolute Gasteiger partial charge is 0.270 e. The van der Waals surface area contributed by atoms with Gasteiger partial charge in [-0.05, 0) is 27.7 Å². The molecule has 0 spiro atoms. The normalized spacial score (nSPS) is 10.5. The first-order valence-corrected chi connectivity index (χ1v) is 10.8. The van der Waals surface area contributed by atoms with Gasteiger partial charge in [0.05, 0.1) is 19.8 Å². The standard InChI is InChI=1S/C21H30N4O5S.ClH.H2O/c1-12(2)25(13(3)4)8-7-22-20(28)15-11-31-21(23-15)24-19(27)14-9-17(29-5)18(30-6)10-16(14)26;;/h9-13,26H,7-8H2,1-6H3,(H,22,28)(H,23,24,27);1H;1H2. The summed E-state index contributed by atoms with van der Waals surface area (Å²) in [5, 5.41) is 17.4. The number of hydrogen-bond donors (Lipinski definition) is 3. The average molecular weight is 505 g/mol. The summed E-state index contributed by atoms with van der Waals surface area (Å²) < 4.78 is 10.3. The summed E-state index contributed by atoms with van der Waals surface area (Å²) >= 11 is 1.12. The van der Waals surface area contributed by atoms with Crippen LogP contribution < -0.4 is 20.1 Å². The lowest BCUT2D eigenvalue weighted by Gasteiger charge is -2.30. The van der Waals surface area contributed by atoms with Crippen LogP contribution in [-0.2, 0) is 0 Å². The summed E-state index contributed by atoms with van der Waals surface area (Å²) in [6.07, 6.45) is 0. The van der Waals surface area contributed by atoms with E-state index in [-0.39, 0.29) is 45.9 Å². The fourth-order valence-electron chi connectivity index (χ4n) is 3.15. The number of ether oxygens (including phenoxy) is 2. The Morgan fingerprint density at radius 1 is 1.09 bits per heavy atom. The molecule has 0 saturated heterocycles. The molecule has 0 atom stereocenters. The van der Waals surface area contributed by atoms with Crippen molar-refractivity contribution in [3.05, 3.63) is 28.8 Å². The lowest BCUT2D eigenvalue weighted by molar-refractivity contribution is 0.0934. The molecular formula is C21H33ClN4O6S. The van der Waals surface area contributed by atoms with E-state index in [1.807, 2.05) is 0 Å². The number of phenolic OH excluding ortho intramolecular Hbond substituents is 1. The molecule has 0 saturated carbocycles. The van der Waals surface area contributed by atoms with Gasteiger partial charge in [0.2, 0.25) is 0 Å². The molecule has 33 heavy (non-hydrogen) atoms. The fraction of sp³-hybridized carbons (Fsp3) is 0.476. The first-order chi connectivity index (χ1) is 14.7. The molecule has 2 rings (SSSR count). The third kappa shape index (κ3) is 8.04. The van der Waals surface area contributed by atoms with E-state index in [2.05, 4.69) is 48.2 Å². The number of rotatable bonds is 10. The van der Waals surface area contributed by atoms with Gasteiger partial charge in [-0.1, -0.05) is 0 Å². The highest BCUT2D eigenvalue weighted by atomic mass is 35.5. The third-order valence-electron chi connectivity index (χ3n) is 4.69. The van der Waals surface area contributed by atoms with Gasteiger partial charge in [-0.3, -0.25) is 19.8 Å². The van der Waals surface area contributed by atoms with Gasteiger partial charge in [0.1, 0.15) is 11.4 Å². The van der Waals surface area contributed by atoms with Crippen LogP contribution in [0.2, 0.25) is 0 Å². The van der Waals surface area contributed by atoms with E-state index in [0.29, 0.717) is 30.1 Å². The zero-order valence-electron chi connectivity index (χ0n) is 19.6. The summed E-state index contributed by atoms with van der Waals surface area (Å²) in [6.45, 7) is 9.70. The van der Waals surface area contributed by atoms with E-state index in [1.54, 1.807) is 5.38 Å². The van der Waals surface area contributed by atoms with Crippen molar-refractivity contribution in [3.63, 3.8) is 0 Å². The number of aromatic hydroxyl groups is 1. The van der Waals surface area contributed by atoms with E-state index in [9.17, 15) is 14.7 Å². The topological polar surface area (TPSA) is 145 Å². The first-order valence-electron chi connectivity index (χ1n) is 9.93. The average Bonchev–Trinajstić information content (AvgIpc) is 3.18. The highest BCUT2D eigenvalue weighted by molar-refractivity contribution is 7.14. The van der Waals surface area contributed by atoms with Crippen molar-refractivity contribution in [1.82, 2.24) is 15.2 Å². The molecule has 12 heteroatoms. The Kier molecular flexibility index (Phi) is 12.7. The van der Waals surface area contributed by atoms with Crippen LogP contribution in [0.4, 0.5) is 5.13 Å². The second kappa shape index (κ2) is 13.8. The van der Waals surface area contributed by atoms with Crippen LogP contribution in [0.1, 0.15) is 48.5 Å². The molecule has 10 nitrogen and oxygen atoms in total. The predicted molar refractivity (Wildman–Crippen MR) is 131 cm³/mol. The number of hydrogen-bond acceptors (Lipinski definition) is 8. The largest absolute Gasteiger partial charge is 0.507 e. The molecule has 0 radical (unpaired) electrons. The number of carbonyl (C=O) groups is 2. The number of thiazole rings is 1. The van der Waals surface area contributed by atoms with E-state index < -0.39 is 5.91 Å². The second-order valence-electron chi connectivity index (χ2n) is 7.40. The third-order valence-corrected chi connectivity index (χ3v) is 5.44. The molecule has 5 N–H and O–H groups in total. The summed E-state index contributed by atoms with van der Waals surface area (Å²) in [5.41, 5.74) is 0.221. The predicted octanol–water partition coefficient (Wildman–Crippen LogP) is 2.56. The summed E-state index contributed by atoms with van der Waals surface area (Å²) in [4.78, 5) is 31.4. The van der Waals surface area contributed by atoms with Crippen LogP contribution >= 0.6 is 23.7 Å². The first kappa shape index (κ1) is 30.4. The van der Waals surface area contributed by atoms with Crippen molar-refractivity contribution in [1.29, 1.82) is 0 Å². The van der Waals surface area contributed by atoms with E-state index >= 15 is 0 Å². The van der Waals surface area contributed by atoms with Crippen LogP contribution in [-0.4, -0.2) is 71.7 Å². The molecule has 0 aliphatic rings. The Labute approximate surface area is 204 Å². The minimum atomic E-state index is -0.579. The molecule has 2 amide bonds. The number of anilines is 1. The minimum Gasteiger partial charge on any atom is -0.507 e. The summed E-state index contributed by atoms with van der Waals surface area (Å²) in [5.74, 6) is -0.535. The highest BCUT2D eigenvalue weighted by Gasteiger charge is 2.19. The maximum absolute atomic E-state index is 12.5. The number of carbonyl (C=O) groups excluding carboxylic acids is 2. The maximum atomic E-state index is 12.5. The monoisotopic (exact) mass is 504 g/mol. The Hall–Kier alpha value is -2.60. The maximum Gasteiger partial charge on any atom is 0.270 e. The summed E-state index contributed by atoms with van der Waals surface area (Å²) in [7, 11) is 2.87. The highest BCUT2D eigenvalue weighted by Crippen LogP contribution is 2.34. The number of amides is 2. The molecular weight excluding hydrogens is 472 g/mol. The summed E-state index contributed by atoms with van der Waals surface area (Å²) in [6, 6.07) is 3.43. The van der Waals surface area contributed by atoms with Crippen molar-refractivity contribution in [2.24, 2.45) is 0 Å². The molecule has 0 fully saturated rings. The Morgan fingerprint density at radius 2 is 1.67 bits per heavy atom. The minimum absolute atomic E-state index is 0. The van der Waals surface area contributed by atoms with Crippen LogP contribution in [0.25, 0.3) is 0 Å². The van der Waals surface area contributed by atoms with Crippen molar-refractivity contribution in [3.8, 4) is 17.2 Å². The van der Waals surface area contributed by atoms with Gasteiger partial charge in [-0.2, -0.15) is 0 Å². The van der Waals surface area contributed by atoms with Crippen LogP contribution in [0.15, 0.2) is 17.5 Å². The molecule has 2 aromatic rings. The molecule has 0 unspecified atom stereocenters. The molecule has 0 aliphatic carbocycles. The van der Waals surface area contributed by atoms with Gasteiger partial charge in [0.25, 0.3) is 11.8 Å². The Morgan fingerprint density at radius 3 is 2.21 bits per heavy atom. The van der Waals surface area contributed by atoms with Crippen LogP contribution in [0.5, 0.6) is 17.2 Å². The number of halogens is 1. The number of benzene rings is 1. The quantitative estimate of drug-likeness (QED) is 0.450. The van der Waals surface area contributed by atoms with Gasteiger partial charge in [-0.15, -0.1) is 23.7 Å².